The number of likely N-dealkylation sites (tertiary alicyclic amines) is 1. The molecule has 4 heteroatoms. The van der Waals surface area contributed by atoms with Gasteiger partial charge in [0.05, 0.1) is 0 Å². The van der Waals surface area contributed by atoms with E-state index in [1.54, 1.807) is 12.1 Å². The minimum atomic E-state index is -0.387. The molecule has 0 radical (unpaired) electrons. The Morgan fingerprint density at radius 3 is 2.24 bits per heavy atom. The molecule has 0 aromatic heterocycles. The molecule has 1 aromatic rings. The molecule has 2 rings (SSSR count). The lowest BCUT2D eigenvalue weighted by Crippen LogP contribution is -2.40. The molecule has 2 N–H and O–H groups in total. The van der Waals surface area contributed by atoms with Crippen molar-refractivity contribution in [3.63, 3.8) is 0 Å². The monoisotopic (exact) mass is 288 g/mol. The summed E-state index contributed by atoms with van der Waals surface area (Å²) in [5, 5.41) is 0. The third-order valence-corrected chi connectivity index (χ3v) is 4.18. The SMILES string of the molecule is CC(C)C(=O)N1CCC(Cc2ccc(C(N)=O)cc2)CC1. The lowest BCUT2D eigenvalue weighted by atomic mass is 9.89. The van der Waals surface area contributed by atoms with Crippen LogP contribution in [0, 0.1) is 11.8 Å². The summed E-state index contributed by atoms with van der Waals surface area (Å²) in [5.41, 5.74) is 7.02. The highest BCUT2D eigenvalue weighted by molar-refractivity contribution is 5.92. The molecule has 2 amide bonds. The van der Waals surface area contributed by atoms with Gasteiger partial charge in [-0.05, 0) is 42.9 Å². The third kappa shape index (κ3) is 4.06. The molecule has 1 fully saturated rings. The Hall–Kier alpha value is -1.84. The number of carbonyl (C=O) groups excluding carboxylic acids is 2. The van der Waals surface area contributed by atoms with Gasteiger partial charge in [-0.15, -0.1) is 0 Å². The number of rotatable bonds is 4. The molecule has 1 aliphatic heterocycles. The maximum absolute atomic E-state index is 11.9. The van der Waals surface area contributed by atoms with Gasteiger partial charge in [0.1, 0.15) is 0 Å². The normalized spacial score (nSPS) is 16.2. The lowest BCUT2D eigenvalue weighted by Gasteiger charge is -2.33. The topological polar surface area (TPSA) is 63.4 Å². The summed E-state index contributed by atoms with van der Waals surface area (Å²) in [6, 6.07) is 7.53. The van der Waals surface area contributed by atoms with Crippen molar-refractivity contribution in [2.45, 2.75) is 33.1 Å². The summed E-state index contributed by atoms with van der Waals surface area (Å²) in [4.78, 5) is 25.0. The molecule has 1 aliphatic rings. The molecule has 1 heterocycles. The Morgan fingerprint density at radius 1 is 1.19 bits per heavy atom. The maximum atomic E-state index is 11.9. The fraction of sp³-hybridized carbons (Fsp3) is 0.529. The second kappa shape index (κ2) is 6.74. The van der Waals surface area contributed by atoms with Crippen molar-refractivity contribution in [2.24, 2.45) is 17.6 Å². The van der Waals surface area contributed by atoms with E-state index in [1.165, 1.54) is 5.56 Å². The molecular formula is C17H24N2O2. The highest BCUT2D eigenvalue weighted by Crippen LogP contribution is 2.22. The second-order valence-electron chi connectivity index (χ2n) is 6.19. The van der Waals surface area contributed by atoms with Gasteiger partial charge in [0, 0.05) is 24.6 Å². The Balaban J connectivity index is 1.86. The van der Waals surface area contributed by atoms with Gasteiger partial charge in [-0.3, -0.25) is 9.59 Å². The summed E-state index contributed by atoms with van der Waals surface area (Å²) in [5.74, 6) is 0.574. The van der Waals surface area contributed by atoms with Gasteiger partial charge in [0.15, 0.2) is 0 Å². The van der Waals surface area contributed by atoms with Crippen molar-refractivity contribution < 1.29 is 9.59 Å². The van der Waals surface area contributed by atoms with Crippen molar-refractivity contribution in [2.75, 3.05) is 13.1 Å². The highest BCUT2D eigenvalue weighted by Gasteiger charge is 2.24. The zero-order chi connectivity index (χ0) is 15.4. The van der Waals surface area contributed by atoms with E-state index in [4.69, 9.17) is 5.73 Å². The fourth-order valence-corrected chi connectivity index (χ4v) is 2.86. The van der Waals surface area contributed by atoms with Crippen LogP contribution in [0.3, 0.4) is 0 Å². The van der Waals surface area contributed by atoms with E-state index in [0.717, 1.165) is 32.4 Å². The Kier molecular flexibility index (Phi) is 4.99. The number of benzene rings is 1. The summed E-state index contributed by atoms with van der Waals surface area (Å²) in [6.45, 7) is 5.63. The van der Waals surface area contributed by atoms with Gasteiger partial charge in [-0.1, -0.05) is 26.0 Å². The zero-order valence-corrected chi connectivity index (χ0v) is 12.8. The zero-order valence-electron chi connectivity index (χ0n) is 12.8. The standard InChI is InChI=1S/C17H24N2O2/c1-12(2)17(21)19-9-7-14(8-10-19)11-13-3-5-15(6-4-13)16(18)20/h3-6,12,14H,7-11H2,1-2H3,(H2,18,20). The molecule has 0 bridgehead atoms. The smallest absolute Gasteiger partial charge is 0.248 e. The molecule has 0 saturated carbocycles. The van der Waals surface area contributed by atoms with Gasteiger partial charge < -0.3 is 10.6 Å². The van der Waals surface area contributed by atoms with E-state index >= 15 is 0 Å². The number of hydrogen-bond acceptors (Lipinski definition) is 2. The average Bonchev–Trinajstić information content (AvgIpc) is 2.47. The van der Waals surface area contributed by atoms with E-state index in [-0.39, 0.29) is 17.7 Å². The number of nitrogens with two attached hydrogens (primary N) is 1. The number of primary amides is 1. The first-order chi connectivity index (χ1) is 9.97. The van der Waals surface area contributed by atoms with Gasteiger partial charge in [0.2, 0.25) is 11.8 Å². The summed E-state index contributed by atoms with van der Waals surface area (Å²) >= 11 is 0. The molecule has 0 unspecified atom stereocenters. The number of carbonyl (C=O) groups is 2. The van der Waals surface area contributed by atoms with Gasteiger partial charge in [0.25, 0.3) is 0 Å². The van der Waals surface area contributed by atoms with Gasteiger partial charge >= 0.3 is 0 Å². The molecule has 4 nitrogen and oxygen atoms in total. The van der Waals surface area contributed by atoms with Crippen molar-refractivity contribution >= 4 is 11.8 Å². The van der Waals surface area contributed by atoms with Crippen molar-refractivity contribution in [3.05, 3.63) is 35.4 Å². The molecule has 1 aromatic carbocycles. The fourth-order valence-electron chi connectivity index (χ4n) is 2.86. The molecule has 0 spiro atoms. The van der Waals surface area contributed by atoms with Crippen LogP contribution in [0.15, 0.2) is 24.3 Å². The third-order valence-electron chi connectivity index (χ3n) is 4.18. The van der Waals surface area contributed by atoms with E-state index in [0.29, 0.717) is 11.5 Å². The maximum Gasteiger partial charge on any atom is 0.248 e. The molecule has 0 atom stereocenters. The van der Waals surface area contributed by atoms with Crippen molar-refractivity contribution in [3.8, 4) is 0 Å². The molecule has 0 aliphatic carbocycles. The average molecular weight is 288 g/mol. The van der Waals surface area contributed by atoms with Crippen LogP contribution in [0.2, 0.25) is 0 Å². The van der Waals surface area contributed by atoms with Crippen LogP contribution in [-0.2, 0) is 11.2 Å². The molecular weight excluding hydrogens is 264 g/mol. The number of nitrogens with zero attached hydrogens (tertiary/aromatic N) is 1. The van der Waals surface area contributed by atoms with Crippen molar-refractivity contribution in [1.29, 1.82) is 0 Å². The second-order valence-corrected chi connectivity index (χ2v) is 6.19. The summed E-state index contributed by atoms with van der Waals surface area (Å²) in [6.07, 6.45) is 3.11. The van der Waals surface area contributed by atoms with E-state index in [2.05, 4.69) is 0 Å². The first kappa shape index (κ1) is 15.5. The highest BCUT2D eigenvalue weighted by atomic mass is 16.2. The molecule has 114 valence electrons. The minimum absolute atomic E-state index is 0.0860. The molecule has 1 saturated heterocycles. The first-order valence-corrected chi connectivity index (χ1v) is 7.65. The first-order valence-electron chi connectivity index (χ1n) is 7.65. The number of amides is 2. The van der Waals surface area contributed by atoms with Crippen LogP contribution in [-0.4, -0.2) is 29.8 Å². The van der Waals surface area contributed by atoms with Crippen LogP contribution in [0.25, 0.3) is 0 Å². The summed E-state index contributed by atoms with van der Waals surface area (Å²) < 4.78 is 0. The van der Waals surface area contributed by atoms with Crippen LogP contribution >= 0.6 is 0 Å². The van der Waals surface area contributed by atoms with Crippen LogP contribution in [0.5, 0.6) is 0 Å². The minimum Gasteiger partial charge on any atom is -0.366 e. The predicted molar refractivity (Wildman–Crippen MR) is 82.8 cm³/mol. The Bertz CT molecular complexity index is 500. The van der Waals surface area contributed by atoms with Gasteiger partial charge in [-0.25, -0.2) is 0 Å². The van der Waals surface area contributed by atoms with Crippen LogP contribution in [0.4, 0.5) is 0 Å². The largest absolute Gasteiger partial charge is 0.366 e. The Labute approximate surface area is 126 Å². The van der Waals surface area contributed by atoms with Gasteiger partial charge in [-0.2, -0.15) is 0 Å². The summed E-state index contributed by atoms with van der Waals surface area (Å²) in [7, 11) is 0. The van der Waals surface area contributed by atoms with E-state index in [1.807, 2.05) is 30.9 Å². The number of hydrogen-bond donors (Lipinski definition) is 1. The van der Waals surface area contributed by atoms with Crippen molar-refractivity contribution in [1.82, 2.24) is 4.90 Å². The molecule has 21 heavy (non-hydrogen) atoms. The Morgan fingerprint density at radius 2 is 1.76 bits per heavy atom. The lowest BCUT2D eigenvalue weighted by molar-refractivity contribution is -0.135. The van der Waals surface area contributed by atoms with Crippen LogP contribution < -0.4 is 5.73 Å². The van der Waals surface area contributed by atoms with Crippen LogP contribution in [0.1, 0.15) is 42.6 Å². The van der Waals surface area contributed by atoms with E-state index in [9.17, 15) is 9.59 Å². The number of piperidine rings is 1. The predicted octanol–water partition coefficient (Wildman–Crippen LogP) is 2.22. The quantitative estimate of drug-likeness (QED) is 0.923. The van der Waals surface area contributed by atoms with E-state index < -0.39 is 0 Å².